The van der Waals surface area contributed by atoms with E-state index in [1.54, 1.807) is 6.92 Å². The standard InChI is InChI=1S/C11H12FNO3/c1-7-6-8(12)2-3-9(7)13-10(14)4-5-11(15)16/h2-3,6H,4-5H2,1H3,(H,13,14)(H,15,16). The number of rotatable bonds is 4. The number of carboxylic acid groups (broad SMARTS) is 1. The van der Waals surface area contributed by atoms with Crippen molar-refractivity contribution in [3.05, 3.63) is 29.6 Å². The first-order chi connectivity index (χ1) is 7.49. The van der Waals surface area contributed by atoms with Crippen LogP contribution in [-0.2, 0) is 9.59 Å². The summed E-state index contributed by atoms with van der Waals surface area (Å²) in [6, 6.07) is 3.98. The Hall–Kier alpha value is -1.91. The summed E-state index contributed by atoms with van der Waals surface area (Å²) < 4.78 is 12.7. The molecule has 0 saturated carbocycles. The fourth-order valence-electron chi connectivity index (χ4n) is 1.20. The molecular formula is C11H12FNO3. The van der Waals surface area contributed by atoms with E-state index >= 15 is 0 Å². The van der Waals surface area contributed by atoms with Crippen molar-refractivity contribution in [2.24, 2.45) is 0 Å². The topological polar surface area (TPSA) is 66.4 Å². The van der Waals surface area contributed by atoms with E-state index in [1.165, 1.54) is 18.2 Å². The number of hydrogen-bond acceptors (Lipinski definition) is 2. The number of carbonyl (C=O) groups excluding carboxylic acids is 1. The molecular weight excluding hydrogens is 213 g/mol. The van der Waals surface area contributed by atoms with Gasteiger partial charge >= 0.3 is 5.97 Å². The number of carbonyl (C=O) groups is 2. The van der Waals surface area contributed by atoms with Crippen molar-refractivity contribution < 1.29 is 19.1 Å². The van der Waals surface area contributed by atoms with Crippen LogP contribution >= 0.6 is 0 Å². The normalized spacial score (nSPS) is 9.88. The van der Waals surface area contributed by atoms with Crippen LogP contribution < -0.4 is 5.32 Å². The minimum atomic E-state index is -1.02. The van der Waals surface area contributed by atoms with Crippen LogP contribution in [0.3, 0.4) is 0 Å². The number of hydrogen-bond donors (Lipinski definition) is 2. The maximum absolute atomic E-state index is 12.7. The highest BCUT2D eigenvalue weighted by Gasteiger charge is 2.07. The minimum absolute atomic E-state index is 0.0911. The van der Waals surface area contributed by atoms with E-state index in [9.17, 15) is 14.0 Å². The Kier molecular flexibility index (Phi) is 3.99. The molecule has 0 fully saturated rings. The summed E-state index contributed by atoms with van der Waals surface area (Å²) in [6.07, 6.45) is -0.307. The molecule has 0 bridgehead atoms. The zero-order valence-corrected chi connectivity index (χ0v) is 8.79. The highest BCUT2D eigenvalue weighted by Crippen LogP contribution is 2.15. The monoisotopic (exact) mass is 225 g/mol. The fraction of sp³-hybridized carbons (Fsp3) is 0.273. The molecule has 1 aromatic rings. The van der Waals surface area contributed by atoms with Crippen LogP contribution in [0.15, 0.2) is 18.2 Å². The Balaban J connectivity index is 2.59. The molecule has 0 spiro atoms. The lowest BCUT2D eigenvalue weighted by Gasteiger charge is -2.07. The highest BCUT2D eigenvalue weighted by atomic mass is 19.1. The Morgan fingerprint density at radius 2 is 2.06 bits per heavy atom. The first kappa shape index (κ1) is 12.2. The van der Waals surface area contributed by atoms with Gasteiger partial charge in [0, 0.05) is 12.1 Å². The van der Waals surface area contributed by atoms with Crippen molar-refractivity contribution in [1.29, 1.82) is 0 Å². The molecule has 0 unspecified atom stereocenters. The van der Waals surface area contributed by atoms with E-state index in [1.807, 2.05) is 0 Å². The van der Waals surface area contributed by atoms with Gasteiger partial charge in [0.05, 0.1) is 6.42 Å². The molecule has 0 aliphatic heterocycles. The quantitative estimate of drug-likeness (QED) is 0.822. The summed E-state index contributed by atoms with van der Waals surface area (Å²) in [6.45, 7) is 1.66. The molecule has 1 aromatic carbocycles. The largest absolute Gasteiger partial charge is 0.481 e. The smallest absolute Gasteiger partial charge is 0.303 e. The highest BCUT2D eigenvalue weighted by molar-refractivity contribution is 5.93. The lowest BCUT2D eigenvalue weighted by Crippen LogP contribution is -2.13. The third kappa shape index (κ3) is 3.68. The van der Waals surface area contributed by atoms with E-state index < -0.39 is 11.9 Å². The first-order valence-corrected chi connectivity index (χ1v) is 4.77. The third-order valence-corrected chi connectivity index (χ3v) is 2.03. The number of aliphatic carboxylic acids is 1. The Morgan fingerprint density at radius 3 is 2.62 bits per heavy atom. The van der Waals surface area contributed by atoms with Crippen LogP contribution in [0, 0.1) is 12.7 Å². The maximum Gasteiger partial charge on any atom is 0.303 e. The molecule has 0 radical (unpaired) electrons. The van der Waals surface area contributed by atoms with E-state index in [2.05, 4.69) is 5.32 Å². The first-order valence-electron chi connectivity index (χ1n) is 4.77. The van der Waals surface area contributed by atoms with Crippen LogP contribution in [0.5, 0.6) is 0 Å². The van der Waals surface area contributed by atoms with Crippen LogP contribution in [0.1, 0.15) is 18.4 Å². The van der Waals surface area contributed by atoms with E-state index in [-0.39, 0.29) is 18.7 Å². The van der Waals surface area contributed by atoms with E-state index in [0.717, 1.165) is 0 Å². The van der Waals surface area contributed by atoms with Gasteiger partial charge in [-0.1, -0.05) is 0 Å². The van der Waals surface area contributed by atoms with E-state index in [4.69, 9.17) is 5.11 Å². The summed E-state index contributed by atoms with van der Waals surface area (Å²) in [5.41, 5.74) is 1.10. The SMILES string of the molecule is Cc1cc(F)ccc1NC(=O)CCC(=O)O. The summed E-state index contributed by atoms with van der Waals surface area (Å²) in [5, 5.41) is 10.9. The molecule has 86 valence electrons. The second-order valence-corrected chi connectivity index (χ2v) is 3.40. The van der Waals surface area contributed by atoms with Crippen molar-refractivity contribution in [2.75, 3.05) is 5.32 Å². The van der Waals surface area contributed by atoms with Gasteiger partial charge in [-0.2, -0.15) is 0 Å². The van der Waals surface area contributed by atoms with Crippen molar-refractivity contribution in [3.63, 3.8) is 0 Å². The molecule has 0 aromatic heterocycles. The van der Waals surface area contributed by atoms with Crippen LogP contribution in [0.4, 0.5) is 10.1 Å². The van der Waals surface area contributed by atoms with Crippen molar-refractivity contribution in [3.8, 4) is 0 Å². The zero-order chi connectivity index (χ0) is 12.1. The average molecular weight is 225 g/mol. The molecule has 0 aliphatic carbocycles. The third-order valence-electron chi connectivity index (χ3n) is 2.03. The molecule has 5 heteroatoms. The zero-order valence-electron chi connectivity index (χ0n) is 8.79. The predicted octanol–water partition coefficient (Wildman–Crippen LogP) is 1.94. The maximum atomic E-state index is 12.7. The van der Waals surface area contributed by atoms with Gasteiger partial charge in [0.2, 0.25) is 5.91 Å². The van der Waals surface area contributed by atoms with Gasteiger partial charge in [-0.3, -0.25) is 9.59 Å². The van der Waals surface area contributed by atoms with Crippen molar-refractivity contribution in [2.45, 2.75) is 19.8 Å². The summed E-state index contributed by atoms with van der Waals surface area (Å²) in [4.78, 5) is 21.5. The van der Waals surface area contributed by atoms with Gasteiger partial charge in [-0.05, 0) is 30.7 Å². The Bertz CT molecular complexity index is 418. The molecule has 2 N–H and O–H groups in total. The number of carboxylic acids is 1. The number of halogens is 1. The predicted molar refractivity (Wildman–Crippen MR) is 56.6 cm³/mol. The van der Waals surface area contributed by atoms with Gasteiger partial charge in [0.1, 0.15) is 5.82 Å². The Morgan fingerprint density at radius 1 is 1.38 bits per heavy atom. The molecule has 0 heterocycles. The lowest BCUT2D eigenvalue weighted by atomic mass is 10.2. The molecule has 1 rings (SSSR count). The van der Waals surface area contributed by atoms with Crippen LogP contribution in [0.25, 0.3) is 0 Å². The van der Waals surface area contributed by atoms with Crippen molar-refractivity contribution >= 4 is 17.6 Å². The molecule has 0 saturated heterocycles. The second kappa shape index (κ2) is 5.25. The second-order valence-electron chi connectivity index (χ2n) is 3.40. The Labute approximate surface area is 92.1 Å². The number of benzene rings is 1. The molecule has 1 amide bonds. The van der Waals surface area contributed by atoms with Gasteiger partial charge in [-0.25, -0.2) is 4.39 Å². The summed E-state index contributed by atoms with van der Waals surface area (Å²) >= 11 is 0. The number of amides is 1. The van der Waals surface area contributed by atoms with Gasteiger partial charge in [0.25, 0.3) is 0 Å². The molecule has 4 nitrogen and oxygen atoms in total. The number of aryl methyl sites for hydroxylation is 1. The van der Waals surface area contributed by atoms with E-state index in [0.29, 0.717) is 11.3 Å². The lowest BCUT2D eigenvalue weighted by molar-refractivity contribution is -0.138. The molecule has 16 heavy (non-hydrogen) atoms. The average Bonchev–Trinajstić information content (AvgIpc) is 2.19. The fourth-order valence-corrected chi connectivity index (χ4v) is 1.20. The molecule has 0 atom stereocenters. The minimum Gasteiger partial charge on any atom is -0.481 e. The van der Waals surface area contributed by atoms with Crippen LogP contribution in [-0.4, -0.2) is 17.0 Å². The summed E-state index contributed by atoms with van der Waals surface area (Å²) in [7, 11) is 0. The van der Waals surface area contributed by atoms with Gasteiger partial charge in [0.15, 0.2) is 0 Å². The van der Waals surface area contributed by atoms with Gasteiger partial charge < -0.3 is 10.4 Å². The number of nitrogens with one attached hydrogen (secondary N) is 1. The van der Waals surface area contributed by atoms with Crippen molar-refractivity contribution in [1.82, 2.24) is 0 Å². The number of anilines is 1. The van der Waals surface area contributed by atoms with Crippen LogP contribution in [0.2, 0.25) is 0 Å². The van der Waals surface area contributed by atoms with Gasteiger partial charge in [-0.15, -0.1) is 0 Å². The summed E-state index contributed by atoms with van der Waals surface area (Å²) in [5.74, 6) is -1.79. The molecule has 0 aliphatic rings.